The number of rotatable bonds is 6. The van der Waals surface area contributed by atoms with Crippen molar-refractivity contribution in [3.8, 4) is 0 Å². The summed E-state index contributed by atoms with van der Waals surface area (Å²) in [6, 6.07) is 12.5. The van der Waals surface area contributed by atoms with Gasteiger partial charge in [-0.1, -0.05) is 23.5 Å². The van der Waals surface area contributed by atoms with E-state index in [1.807, 2.05) is 6.07 Å². The van der Waals surface area contributed by atoms with E-state index in [4.69, 9.17) is 0 Å². The summed E-state index contributed by atoms with van der Waals surface area (Å²) in [6.45, 7) is 1.77. The molecule has 11 heteroatoms. The molecule has 0 spiro atoms. The summed E-state index contributed by atoms with van der Waals surface area (Å²) in [4.78, 5) is 33.8. The van der Waals surface area contributed by atoms with Gasteiger partial charge in [0.2, 0.25) is 0 Å². The van der Waals surface area contributed by atoms with Crippen molar-refractivity contribution in [1.29, 1.82) is 0 Å². The molecule has 0 saturated carbocycles. The maximum atomic E-state index is 12.9. The Morgan fingerprint density at radius 2 is 1.74 bits per heavy atom. The van der Waals surface area contributed by atoms with E-state index in [-0.39, 0.29) is 5.56 Å². The average molecular weight is 498 g/mol. The number of amides is 2. The molecule has 2 amide bonds. The summed E-state index contributed by atoms with van der Waals surface area (Å²) in [5.41, 5.74) is 1.17. The normalized spacial score (nSPS) is 11.1. The number of nitrogens with one attached hydrogen (secondary N) is 3. The highest BCUT2D eigenvalue weighted by Crippen LogP contribution is 2.30. The largest absolute Gasteiger partial charge is 0.416 e. The van der Waals surface area contributed by atoms with Crippen LogP contribution in [0.2, 0.25) is 0 Å². The number of thiazole rings is 1. The van der Waals surface area contributed by atoms with Crippen LogP contribution in [0.15, 0.2) is 73.2 Å². The lowest BCUT2D eigenvalue weighted by atomic mass is 10.1. The third kappa shape index (κ3) is 6.01. The molecule has 2 aromatic carbocycles. The van der Waals surface area contributed by atoms with Crippen molar-refractivity contribution in [3.63, 3.8) is 0 Å². The number of halogens is 3. The predicted molar refractivity (Wildman–Crippen MR) is 128 cm³/mol. The van der Waals surface area contributed by atoms with Crippen molar-refractivity contribution in [3.05, 3.63) is 94.8 Å². The highest BCUT2D eigenvalue weighted by molar-refractivity contribution is 7.17. The number of aryl methyl sites for hydroxylation is 1. The van der Waals surface area contributed by atoms with Gasteiger partial charge >= 0.3 is 6.18 Å². The second kappa shape index (κ2) is 9.94. The Kier molecular flexibility index (Phi) is 6.78. The first kappa shape index (κ1) is 23.9. The Hall–Kier alpha value is -4.25. The molecule has 4 aromatic rings. The fourth-order valence-electron chi connectivity index (χ4n) is 3.06. The van der Waals surface area contributed by atoms with E-state index in [0.29, 0.717) is 21.4 Å². The van der Waals surface area contributed by atoms with Gasteiger partial charge in [0.25, 0.3) is 11.8 Å². The highest BCUT2D eigenvalue weighted by atomic mass is 32.1. The number of hydrogen-bond acceptors (Lipinski definition) is 6. The number of nitrogens with zero attached hydrogens (tertiary/aromatic N) is 2. The monoisotopic (exact) mass is 497 g/mol. The molecule has 0 aliphatic carbocycles. The van der Waals surface area contributed by atoms with Gasteiger partial charge in [0, 0.05) is 23.1 Å². The maximum Gasteiger partial charge on any atom is 0.416 e. The molecule has 0 atom stereocenters. The molecular formula is C24H18F3N5O2S. The summed E-state index contributed by atoms with van der Waals surface area (Å²) in [5, 5.41) is 8.92. The molecule has 2 aromatic heterocycles. The van der Waals surface area contributed by atoms with Crippen LogP contribution < -0.4 is 16.0 Å². The second-order valence-electron chi connectivity index (χ2n) is 7.41. The minimum absolute atomic E-state index is 0.135. The molecule has 0 radical (unpaired) electrons. The number of hydrogen-bond donors (Lipinski definition) is 3. The van der Waals surface area contributed by atoms with E-state index in [0.717, 1.165) is 34.7 Å². The Labute approximate surface area is 202 Å². The van der Waals surface area contributed by atoms with E-state index in [2.05, 4.69) is 25.9 Å². The first-order valence-electron chi connectivity index (χ1n) is 10.2. The minimum atomic E-state index is -4.55. The van der Waals surface area contributed by atoms with Gasteiger partial charge in [-0.15, -0.1) is 0 Å². The van der Waals surface area contributed by atoms with E-state index < -0.39 is 23.6 Å². The molecule has 0 fully saturated rings. The zero-order valence-electron chi connectivity index (χ0n) is 18.2. The second-order valence-corrected chi connectivity index (χ2v) is 8.44. The number of aromatic nitrogens is 2. The summed E-state index contributed by atoms with van der Waals surface area (Å²) >= 11 is 1.15. The molecule has 0 aliphatic rings. The summed E-state index contributed by atoms with van der Waals surface area (Å²) in [5.74, 6) is -1.10. The number of benzene rings is 2. The Morgan fingerprint density at radius 1 is 0.914 bits per heavy atom. The fraction of sp³-hybridized carbons (Fsp3) is 0.0833. The van der Waals surface area contributed by atoms with E-state index >= 15 is 0 Å². The zero-order valence-corrected chi connectivity index (χ0v) is 19.0. The van der Waals surface area contributed by atoms with Crippen LogP contribution in [-0.4, -0.2) is 21.8 Å². The van der Waals surface area contributed by atoms with Crippen molar-refractivity contribution in [2.24, 2.45) is 0 Å². The minimum Gasteiger partial charge on any atom is -0.330 e. The number of pyridine rings is 1. The van der Waals surface area contributed by atoms with E-state index in [1.165, 1.54) is 24.4 Å². The Bertz CT molecular complexity index is 1370. The Morgan fingerprint density at radius 3 is 2.49 bits per heavy atom. The van der Waals surface area contributed by atoms with Crippen molar-refractivity contribution >= 4 is 45.3 Å². The van der Waals surface area contributed by atoms with Gasteiger partial charge in [0.05, 0.1) is 23.6 Å². The first-order chi connectivity index (χ1) is 16.7. The quantitative estimate of drug-likeness (QED) is 0.299. The summed E-state index contributed by atoms with van der Waals surface area (Å²) < 4.78 is 38.8. The molecule has 0 aliphatic heterocycles. The van der Waals surface area contributed by atoms with Crippen molar-refractivity contribution < 1.29 is 22.8 Å². The zero-order chi connectivity index (χ0) is 25.0. The third-order valence-corrected chi connectivity index (χ3v) is 5.75. The van der Waals surface area contributed by atoms with Crippen LogP contribution in [0.3, 0.4) is 0 Å². The smallest absolute Gasteiger partial charge is 0.330 e. The first-order valence-corrected chi connectivity index (χ1v) is 11.0. The van der Waals surface area contributed by atoms with Crippen molar-refractivity contribution in [2.75, 3.05) is 16.0 Å². The Balaban J connectivity index is 1.45. The molecule has 2 heterocycles. The fourth-order valence-corrected chi connectivity index (χ4v) is 3.79. The predicted octanol–water partition coefficient (Wildman–Crippen LogP) is 6.11. The van der Waals surface area contributed by atoms with Crippen molar-refractivity contribution in [1.82, 2.24) is 9.97 Å². The molecule has 0 unspecified atom stereocenters. The molecule has 0 bridgehead atoms. The molecule has 178 valence electrons. The van der Waals surface area contributed by atoms with Crippen LogP contribution in [0.5, 0.6) is 0 Å². The van der Waals surface area contributed by atoms with Crippen LogP contribution in [-0.2, 0) is 6.18 Å². The van der Waals surface area contributed by atoms with Crippen LogP contribution in [0.4, 0.5) is 35.4 Å². The lowest BCUT2D eigenvalue weighted by Gasteiger charge is -2.12. The molecule has 3 N–H and O–H groups in total. The van der Waals surface area contributed by atoms with Gasteiger partial charge in [-0.05, 0) is 55.0 Å². The molecule has 7 nitrogen and oxygen atoms in total. The summed E-state index contributed by atoms with van der Waals surface area (Å²) in [6.07, 6.45) is 0.156. The lowest BCUT2D eigenvalue weighted by molar-refractivity contribution is -0.137. The summed E-state index contributed by atoms with van der Waals surface area (Å²) in [7, 11) is 0. The number of anilines is 4. The van der Waals surface area contributed by atoms with Crippen LogP contribution in [0.1, 0.15) is 31.2 Å². The number of alkyl halides is 3. The van der Waals surface area contributed by atoms with Gasteiger partial charge < -0.3 is 16.0 Å². The molecule has 4 rings (SSSR count). The SMILES string of the molecule is Cc1ccc(NC(=O)c2cccc(C(F)(F)F)c2)cc1NC(=O)c1cnc(Nc2cccnc2)s1. The third-order valence-electron chi connectivity index (χ3n) is 4.84. The standard InChI is InChI=1S/C24H18F3N5O2S/c1-14-7-8-17(30-21(33)15-4-2-5-16(10-15)24(25,26)27)11-19(14)32-22(34)20-13-29-23(35-20)31-18-6-3-9-28-12-18/h2-13H,1H3,(H,29,31)(H,30,33)(H,32,34). The van der Waals surface area contributed by atoms with Gasteiger partial charge in [0.1, 0.15) is 4.88 Å². The van der Waals surface area contributed by atoms with Gasteiger partial charge in [-0.3, -0.25) is 14.6 Å². The van der Waals surface area contributed by atoms with Crippen LogP contribution in [0.25, 0.3) is 0 Å². The van der Waals surface area contributed by atoms with E-state index in [9.17, 15) is 22.8 Å². The topological polar surface area (TPSA) is 96.0 Å². The van der Waals surface area contributed by atoms with Gasteiger partial charge in [-0.25, -0.2) is 4.98 Å². The van der Waals surface area contributed by atoms with Gasteiger partial charge in [0.15, 0.2) is 5.13 Å². The molecular weight excluding hydrogens is 479 g/mol. The average Bonchev–Trinajstić information content (AvgIpc) is 3.30. The van der Waals surface area contributed by atoms with Crippen LogP contribution >= 0.6 is 11.3 Å². The molecule has 35 heavy (non-hydrogen) atoms. The number of carbonyl (C=O) groups excluding carboxylic acids is 2. The van der Waals surface area contributed by atoms with E-state index in [1.54, 1.807) is 37.5 Å². The maximum absolute atomic E-state index is 12.9. The van der Waals surface area contributed by atoms with Crippen LogP contribution in [0, 0.1) is 6.92 Å². The lowest BCUT2D eigenvalue weighted by Crippen LogP contribution is -2.15. The van der Waals surface area contributed by atoms with Crippen molar-refractivity contribution in [2.45, 2.75) is 13.1 Å². The van der Waals surface area contributed by atoms with Gasteiger partial charge in [-0.2, -0.15) is 13.2 Å². The number of carbonyl (C=O) groups is 2. The highest BCUT2D eigenvalue weighted by Gasteiger charge is 2.30. The molecule has 0 saturated heterocycles.